The van der Waals surface area contributed by atoms with Crippen molar-refractivity contribution >= 4 is 10.0 Å². The van der Waals surface area contributed by atoms with Gasteiger partial charge in [-0.1, -0.05) is 0 Å². The van der Waals surface area contributed by atoms with Crippen LogP contribution in [0.1, 0.15) is 11.5 Å². The Balaban J connectivity index is 1.91. The van der Waals surface area contributed by atoms with E-state index in [1.165, 1.54) is 19.4 Å². The molecule has 19 heavy (non-hydrogen) atoms. The average molecular weight is 282 g/mol. The van der Waals surface area contributed by atoms with E-state index in [1.807, 2.05) is 0 Å². The predicted octanol–water partition coefficient (Wildman–Crippen LogP) is 0.267. The number of nitrogens with zero attached hydrogens (tertiary/aromatic N) is 2. The molecule has 102 valence electrons. The van der Waals surface area contributed by atoms with Gasteiger partial charge in [-0.15, -0.1) is 0 Å². The second-order valence-corrected chi connectivity index (χ2v) is 5.55. The van der Waals surface area contributed by atoms with Crippen LogP contribution < -0.4 is 10.0 Å². The molecule has 0 fully saturated rings. The van der Waals surface area contributed by atoms with Crippen LogP contribution in [-0.4, -0.2) is 25.4 Å². The molecule has 0 aromatic carbocycles. The van der Waals surface area contributed by atoms with E-state index in [1.54, 1.807) is 18.3 Å². The van der Waals surface area contributed by atoms with E-state index in [0.29, 0.717) is 18.8 Å². The van der Waals surface area contributed by atoms with Gasteiger partial charge in [0.2, 0.25) is 5.09 Å². The van der Waals surface area contributed by atoms with Crippen molar-refractivity contribution in [1.29, 1.82) is 0 Å². The van der Waals surface area contributed by atoms with Crippen LogP contribution in [0, 0.1) is 0 Å². The zero-order chi connectivity index (χ0) is 13.7. The van der Waals surface area contributed by atoms with Crippen molar-refractivity contribution in [2.24, 2.45) is 0 Å². The van der Waals surface area contributed by atoms with Gasteiger partial charge in [0.1, 0.15) is 12.1 Å². The third-order valence-corrected chi connectivity index (χ3v) is 3.71. The minimum Gasteiger partial charge on any atom is -0.447 e. The number of nitrogens with one attached hydrogen (secondary N) is 2. The molecule has 0 atom stereocenters. The van der Waals surface area contributed by atoms with Crippen molar-refractivity contribution in [2.75, 3.05) is 7.05 Å². The van der Waals surface area contributed by atoms with Crippen LogP contribution >= 0.6 is 0 Å². The van der Waals surface area contributed by atoms with Crippen LogP contribution in [0.15, 0.2) is 40.2 Å². The van der Waals surface area contributed by atoms with Gasteiger partial charge in [-0.2, -0.15) is 0 Å². The first-order valence-corrected chi connectivity index (χ1v) is 7.08. The molecule has 0 saturated heterocycles. The lowest BCUT2D eigenvalue weighted by atomic mass is 10.4. The Bertz CT molecular complexity index is 624. The van der Waals surface area contributed by atoms with Crippen molar-refractivity contribution in [3.05, 3.63) is 42.2 Å². The lowest BCUT2D eigenvalue weighted by Crippen LogP contribution is -2.18. The number of furan rings is 1. The number of sulfonamides is 1. The van der Waals surface area contributed by atoms with Gasteiger partial charge in [-0.05, 0) is 25.2 Å². The van der Waals surface area contributed by atoms with E-state index in [2.05, 4.69) is 20.0 Å². The summed E-state index contributed by atoms with van der Waals surface area (Å²) in [6, 6.07) is 4.84. The molecular weight excluding hydrogens is 268 g/mol. The van der Waals surface area contributed by atoms with Crippen molar-refractivity contribution in [3.8, 4) is 0 Å². The molecule has 0 aliphatic carbocycles. The highest BCUT2D eigenvalue weighted by Gasteiger charge is 2.15. The van der Waals surface area contributed by atoms with Gasteiger partial charge >= 0.3 is 0 Å². The zero-order valence-electron chi connectivity index (χ0n) is 10.3. The molecular formula is C11H14N4O3S. The molecule has 0 radical (unpaired) electrons. The summed E-state index contributed by atoms with van der Waals surface area (Å²) in [6.07, 6.45) is 3.13. The zero-order valence-corrected chi connectivity index (χ0v) is 11.1. The van der Waals surface area contributed by atoms with Crippen molar-refractivity contribution in [3.63, 3.8) is 0 Å². The first-order valence-electron chi connectivity index (χ1n) is 5.59. The van der Waals surface area contributed by atoms with E-state index < -0.39 is 10.0 Å². The second kappa shape index (κ2) is 5.91. The fourth-order valence-electron chi connectivity index (χ4n) is 1.43. The Morgan fingerprint density at radius 3 is 2.79 bits per heavy atom. The summed E-state index contributed by atoms with van der Waals surface area (Å²) in [5.74, 6) is 0.544. The van der Waals surface area contributed by atoms with Gasteiger partial charge in [-0.25, -0.2) is 23.1 Å². The standard InChI is InChI=1S/C11H14N4O3S/c1-12-19(16,17)11-3-2-10(18-11)7-14-6-9-4-5-13-8-15-9/h2-5,8,12,14H,6-7H2,1H3. The molecule has 2 aromatic rings. The molecule has 8 heteroatoms. The third kappa shape index (κ3) is 3.60. The summed E-state index contributed by atoms with van der Waals surface area (Å²) in [5.41, 5.74) is 0.852. The van der Waals surface area contributed by atoms with Crippen molar-refractivity contribution < 1.29 is 12.8 Å². The molecule has 0 unspecified atom stereocenters. The minimum absolute atomic E-state index is 0.0890. The van der Waals surface area contributed by atoms with Gasteiger partial charge in [0.15, 0.2) is 0 Å². The number of hydrogen-bond donors (Lipinski definition) is 2. The fraction of sp³-hybridized carbons (Fsp3) is 0.273. The summed E-state index contributed by atoms with van der Waals surface area (Å²) in [4.78, 5) is 7.88. The third-order valence-electron chi connectivity index (χ3n) is 2.42. The largest absolute Gasteiger partial charge is 0.447 e. The van der Waals surface area contributed by atoms with Crippen LogP contribution in [0.3, 0.4) is 0 Å². The highest BCUT2D eigenvalue weighted by atomic mass is 32.2. The van der Waals surface area contributed by atoms with Crippen LogP contribution in [0.4, 0.5) is 0 Å². The van der Waals surface area contributed by atoms with E-state index in [0.717, 1.165) is 5.69 Å². The van der Waals surface area contributed by atoms with Crippen LogP contribution in [0.5, 0.6) is 0 Å². The SMILES string of the molecule is CNS(=O)(=O)c1ccc(CNCc2ccncn2)o1. The molecule has 2 rings (SSSR count). The molecule has 0 amide bonds. The van der Waals surface area contributed by atoms with E-state index in [4.69, 9.17) is 4.42 Å². The smallest absolute Gasteiger partial charge is 0.273 e. The Labute approximate surface area is 111 Å². The molecule has 0 saturated carbocycles. The van der Waals surface area contributed by atoms with Gasteiger partial charge in [-0.3, -0.25) is 0 Å². The molecule has 2 heterocycles. The Kier molecular flexibility index (Phi) is 4.25. The van der Waals surface area contributed by atoms with Crippen LogP contribution in [-0.2, 0) is 23.1 Å². The topological polar surface area (TPSA) is 97.1 Å². The molecule has 7 nitrogen and oxygen atoms in total. The predicted molar refractivity (Wildman–Crippen MR) is 67.5 cm³/mol. The van der Waals surface area contributed by atoms with Crippen molar-refractivity contribution in [2.45, 2.75) is 18.2 Å². The number of aromatic nitrogens is 2. The lowest BCUT2D eigenvalue weighted by molar-refractivity contribution is 0.400. The van der Waals surface area contributed by atoms with Gasteiger partial charge in [0.05, 0.1) is 12.2 Å². The summed E-state index contributed by atoms with van der Waals surface area (Å²) in [7, 11) is -2.18. The first-order chi connectivity index (χ1) is 9.12. The highest BCUT2D eigenvalue weighted by molar-refractivity contribution is 7.89. The highest BCUT2D eigenvalue weighted by Crippen LogP contribution is 2.13. The Hall–Kier alpha value is -1.77. The van der Waals surface area contributed by atoms with E-state index >= 15 is 0 Å². The quantitative estimate of drug-likeness (QED) is 0.789. The molecule has 0 spiro atoms. The van der Waals surface area contributed by atoms with Gasteiger partial charge < -0.3 is 9.73 Å². The summed E-state index contributed by atoms with van der Waals surface area (Å²) < 4.78 is 30.4. The monoisotopic (exact) mass is 282 g/mol. The number of rotatable bonds is 6. The summed E-state index contributed by atoms with van der Waals surface area (Å²) in [5, 5.41) is 3.01. The maximum Gasteiger partial charge on any atom is 0.273 e. The summed E-state index contributed by atoms with van der Waals surface area (Å²) >= 11 is 0. The average Bonchev–Trinajstić information content (AvgIpc) is 2.90. The molecule has 2 N–H and O–H groups in total. The van der Waals surface area contributed by atoms with Gasteiger partial charge in [0, 0.05) is 12.7 Å². The Morgan fingerprint density at radius 2 is 2.11 bits per heavy atom. The maximum absolute atomic E-state index is 11.5. The fourth-order valence-corrected chi connectivity index (χ4v) is 2.10. The molecule has 0 aliphatic heterocycles. The molecule has 2 aromatic heterocycles. The van der Waals surface area contributed by atoms with Gasteiger partial charge in [0.25, 0.3) is 10.0 Å². The van der Waals surface area contributed by atoms with Crippen LogP contribution in [0.25, 0.3) is 0 Å². The minimum atomic E-state index is -3.52. The second-order valence-electron chi connectivity index (χ2n) is 3.73. The van der Waals surface area contributed by atoms with E-state index in [9.17, 15) is 8.42 Å². The lowest BCUT2D eigenvalue weighted by Gasteiger charge is -2.01. The summed E-state index contributed by atoms with van der Waals surface area (Å²) in [6.45, 7) is 0.973. The molecule has 0 aliphatic rings. The molecule has 0 bridgehead atoms. The first kappa shape index (κ1) is 13.7. The normalized spacial score (nSPS) is 11.6. The Morgan fingerprint density at radius 1 is 1.26 bits per heavy atom. The maximum atomic E-state index is 11.5. The number of hydrogen-bond acceptors (Lipinski definition) is 6. The van der Waals surface area contributed by atoms with Crippen LogP contribution in [0.2, 0.25) is 0 Å². The van der Waals surface area contributed by atoms with Crippen molar-refractivity contribution in [1.82, 2.24) is 20.0 Å². The van der Waals surface area contributed by atoms with E-state index in [-0.39, 0.29) is 5.09 Å².